The first-order valence-corrected chi connectivity index (χ1v) is 22.4. The largest absolute Gasteiger partial charge is 0.507 e. The molecule has 1 rings (SSSR count). The second-order valence-corrected chi connectivity index (χ2v) is 18.9. The Labute approximate surface area is 339 Å². The van der Waals surface area contributed by atoms with Gasteiger partial charge in [0.1, 0.15) is 5.75 Å². The number of aromatic hydroxyl groups is 1. The zero-order chi connectivity index (χ0) is 42.1. The first-order valence-electron chi connectivity index (χ1n) is 22.4. The molecular formula is C48H88O7. The Hall–Kier alpha value is -2.12. The minimum Gasteiger partial charge on any atom is -0.507 e. The standard InChI is InChI=1S/C35H62O3.C13H26O4/c1-8-9-10-11-12-13-14-15-16-17-18-19-20-21-22-23-24-29(33(37)38)25-28-26-30(34(2,3)4)32(36)31(27-28)35(5,6)7;1-6-9-10-13(8-3,11(14)15)17-16-12(4,5)7-2/h26-27,29,36H,8-25H2,1-7H3,(H,37,38);6-10H2,1-5H3,(H,14,15). The van der Waals surface area contributed by atoms with Crippen LogP contribution in [0.2, 0.25) is 0 Å². The van der Waals surface area contributed by atoms with E-state index in [2.05, 4.69) is 48.5 Å². The Morgan fingerprint density at radius 2 is 0.982 bits per heavy atom. The van der Waals surface area contributed by atoms with Crippen molar-refractivity contribution >= 4 is 11.9 Å². The zero-order valence-corrected chi connectivity index (χ0v) is 38.0. The number of rotatable bonds is 29. The number of phenols is 1. The van der Waals surface area contributed by atoms with E-state index in [1.54, 1.807) is 0 Å². The quantitative estimate of drug-likeness (QED) is 0.0422. The molecule has 0 saturated heterocycles. The van der Waals surface area contributed by atoms with Crippen molar-refractivity contribution in [2.45, 2.75) is 253 Å². The van der Waals surface area contributed by atoms with E-state index in [1.807, 2.05) is 46.8 Å². The van der Waals surface area contributed by atoms with Crippen molar-refractivity contribution in [1.82, 2.24) is 0 Å². The van der Waals surface area contributed by atoms with Gasteiger partial charge in [0, 0.05) is 0 Å². The van der Waals surface area contributed by atoms with Gasteiger partial charge in [0.25, 0.3) is 0 Å². The van der Waals surface area contributed by atoms with Crippen LogP contribution in [0.4, 0.5) is 0 Å². The highest BCUT2D eigenvalue weighted by molar-refractivity contribution is 5.77. The second-order valence-electron chi connectivity index (χ2n) is 18.9. The lowest BCUT2D eigenvalue weighted by atomic mass is 9.77. The minimum atomic E-state index is -1.21. The molecule has 7 nitrogen and oxygen atoms in total. The highest BCUT2D eigenvalue weighted by Crippen LogP contribution is 2.40. The normalized spacial score (nSPS) is 13.9. The fourth-order valence-electron chi connectivity index (χ4n) is 6.78. The molecule has 0 heterocycles. The molecule has 7 heteroatoms. The Bertz CT molecular complexity index is 1140. The van der Waals surface area contributed by atoms with Crippen LogP contribution in [0.1, 0.15) is 241 Å². The molecule has 0 bridgehead atoms. The lowest BCUT2D eigenvalue weighted by Gasteiger charge is -2.31. The predicted molar refractivity (Wildman–Crippen MR) is 231 cm³/mol. The molecule has 0 radical (unpaired) electrons. The van der Waals surface area contributed by atoms with Crippen LogP contribution in [0.15, 0.2) is 12.1 Å². The first kappa shape index (κ1) is 52.9. The first-order chi connectivity index (χ1) is 25.7. The smallest absolute Gasteiger partial charge is 0.339 e. The number of hydrogen-bond acceptors (Lipinski definition) is 5. The third-order valence-corrected chi connectivity index (χ3v) is 11.2. The number of aliphatic carboxylic acids is 2. The molecule has 2 atom stereocenters. The predicted octanol–water partition coefficient (Wildman–Crippen LogP) is 14.4. The van der Waals surface area contributed by atoms with Crippen LogP contribution in [0.25, 0.3) is 0 Å². The van der Waals surface area contributed by atoms with E-state index in [9.17, 15) is 24.9 Å². The van der Waals surface area contributed by atoms with Gasteiger partial charge < -0.3 is 15.3 Å². The van der Waals surface area contributed by atoms with Gasteiger partial charge >= 0.3 is 11.9 Å². The van der Waals surface area contributed by atoms with Gasteiger partial charge in [-0.2, -0.15) is 0 Å². The van der Waals surface area contributed by atoms with Crippen LogP contribution < -0.4 is 0 Å². The maximum Gasteiger partial charge on any atom is 0.339 e. The van der Waals surface area contributed by atoms with Gasteiger partial charge in [-0.05, 0) is 73.5 Å². The molecule has 0 saturated carbocycles. The number of hydrogen-bond donors (Lipinski definition) is 3. The molecule has 0 aliphatic rings. The van der Waals surface area contributed by atoms with Gasteiger partial charge in [-0.3, -0.25) is 4.79 Å². The van der Waals surface area contributed by atoms with Gasteiger partial charge in [0.05, 0.1) is 11.5 Å². The molecule has 0 aliphatic carbocycles. The molecular weight excluding hydrogens is 689 g/mol. The Morgan fingerprint density at radius 1 is 0.582 bits per heavy atom. The molecule has 55 heavy (non-hydrogen) atoms. The maximum absolute atomic E-state index is 12.1. The summed E-state index contributed by atoms with van der Waals surface area (Å²) in [6, 6.07) is 4.07. The Kier molecular flexibility index (Phi) is 26.4. The highest BCUT2D eigenvalue weighted by Gasteiger charge is 2.40. The maximum atomic E-state index is 12.1. The highest BCUT2D eigenvalue weighted by atomic mass is 17.2. The Morgan fingerprint density at radius 3 is 1.31 bits per heavy atom. The van der Waals surface area contributed by atoms with Crippen molar-refractivity contribution < 1.29 is 34.7 Å². The average Bonchev–Trinajstić information content (AvgIpc) is 3.10. The minimum absolute atomic E-state index is 0.202. The summed E-state index contributed by atoms with van der Waals surface area (Å²) >= 11 is 0. The van der Waals surface area contributed by atoms with Gasteiger partial charge in [-0.25, -0.2) is 14.6 Å². The van der Waals surface area contributed by atoms with Crippen LogP contribution >= 0.6 is 0 Å². The monoisotopic (exact) mass is 777 g/mol. The molecule has 3 N–H and O–H groups in total. The summed E-state index contributed by atoms with van der Waals surface area (Å²) in [4.78, 5) is 34.0. The van der Waals surface area contributed by atoms with Crippen molar-refractivity contribution in [3.05, 3.63) is 28.8 Å². The molecule has 0 aromatic heterocycles. The molecule has 322 valence electrons. The lowest BCUT2D eigenvalue weighted by Crippen LogP contribution is -2.43. The Balaban J connectivity index is 0.00000143. The number of unbranched alkanes of at least 4 members (excludes halogenated alkanes) is 16. The number of carboxylic acid groups (broad SMARTS) is 2. The average molecular weight is 777 g/mol. The van der Waals surface area contributed by atoms with Crippen LogP contribution in [0, 0.1) is 5.92 Å². The third-order valence-electron chi connectivity index (χ3n) is 11.2. The van der Waals surface area contributed by atoms with E-state index in [0.717, 1.165) is 55.2 Å². The molecule has 0 aliphatic heterocycles. The second kappa shape index (κ2) is 27.5. The third kappa shape index (κ3) is 22.4. The van der Waals surface area contributed by atoms with Gasteiger partial charge in [0.2, 0.25) is 0 Å². The van der Waals surface area contributed by atoms with E-state index in [-0.39, 0.29) is 16.7 Å². The summed E-state index contributed by atoms with van der Waals surface area (Å²) < 4.78 is 0. The lowest BCUT2D eigenvalue weighted by molar-refractivity contribution is -0.402. The van der Waals surface area contributed by atoms with Crippen molar-refractivity contribution in [3.8, 4) is 5.75 Å². The molecule has 0 amide bonds. The summed E-state index contributed by atoms with van der Waals surface area (Å²) in [5.74, 6) is -1.65. The van der Waals surface area contributed by atoms with E-state index in [4.69, 9.17) is 9.78 Å². The van der Waals surface area contributed by atoms with Crippen molar-refractivity contribution in [3.63, 3.8) is 0 Å². The number of carboxylic acids is 2. The summed E-state index contributed by atoms with van der Waals surface area (Å²) in [6.45, 7) is 24.5. The number of carbonyl (C=O) groups is 2. The number of benzene rings is 1. The zero-order valence-electron chi connectivity index (χ0n) is 38.0. The van der Waals surface area contributed by atoms with Crippen molar-refractivity contribution in [2.75, 3.05) is 0 Å². The summed E-state index contributed by atoms with van der Waals surface area (Å²) in [7, 11) is 0. The fourth-order valence-corrected chi connectivity index (χ4v) is 6.78. The van der Waals surface area contributed by atoms with E-state index >= 15 is 0 Å². The summed E-state index contributed by atoms with van der Waals surface area (Å²) in [6.07, 6.45) is 25.9. The van der Waals surface area contributed by atoms with Crippen LogP contribution in [0.5, 0.6) is 5.75 Å². The van der Waals surface area contributed by atoms with E-state index in [0.29, 0.717) is 25.0 Å². The van der Waals surface area contributed by atoms with E-state index in [1.165, 1.54) is 89.9 Å². The summed E-state index contributed by atoms with van der Waals surface area (Å²) in [5.41, 5.74) is 0.781. The van der Waals surface area contributed by atoms with Crippen LogP contribution in [0.3, 0.4) is 0 Å². The summed E-state index contributed by atoms with van der Waals surface area (Å²) in [5, 5.41) is 30.2. The number of phenolic OH excluding ortho intramolecular Hbond substituents is 1. The molecule has 1 aromatic rings. The van der Waals surface area contributed by atoms with Crippen LogP contribution in [-0.2, 0) is 36.6 Å². The van der Waals surface area contributed by atoms with Crippen molar-refractivity contribution in [2.24, 2.45) is 5.92 Å². The van der Waals surface area contributed by atoms with Crippen LogP contribution in [-0.4, -0.2) is 38.5 Å². The molecule has 2 unspecified atom stereocenters. The van der Waals surface area contributed by atoms with Gasteiger partial charge in [-0.1, -0.05) is 197 Å². The molecule has 1 aromatic carbocycles. The molecule has 0 spiro atoms. The van der Waals surface area contributed by atoms with Gasteiger partial charge in [-0.15, -0.1) is 0 Å². The van der Waals surface area contributed by atoms with Gasteiger partial charge in [0.15, 0.2) is 5.60 Å². The topological polar surface area (TPSA) is 113 Å². The van der Waals surface area contributed by atoms with E-state index < -0.39 is 23.1 Å². The van der Waals surface area contributed by atoms with Crippen molar-refractivity contribution in [1.29, 1.82) is 0 Å². The molecule has 0 fully saturated rings. The SMILES string of the molecule is CCCCC(CC)(OOC(C)(C)CC)C(=O)O.CCCCCCCCCCCCCCCCCCC(Cc1cc(C(C)(C)C)c(O)c(C(C)(C)C)c1)C(=O)O. The fraction of sp³-hybridized carbons (Fsp3) is 0.833.